The zero-order valence-corrected chi connectivity index (χ0v) is 15.2. The Morgan fingerprint density at radius 3 is 2.57 bits per heavy atom. The summed E-state index contributed by atoms with van der Waals surface area (Å²) in [6.07, 6.45) is 6.61. The molecule has 0 atom stereocenters. The molecule has 0 unspecified atom stereocenters. The molecule has 0 spiro atoms. The van der Waals surface area contributed by atoms with Crippen LogP contribution >= 0.6 is 23.8 Å². The SMILES string of the molecule is S=C(NC1CCCCC1)N1CCN(Cc2cccc(Cl)c2)CC1. The Labute approximate surface area is 150 Å². The maximum Gasteiger partial charge on any atom is 0.169 e. The third-order valence-electron chi connectivity index (χ3n) is 4.89. The van der Waals surface area contributed by atoms with E-state index in [1.807, 2.05) is 12.1 Å². The van der Waals surface area contributed by atoms with Crippen LogP contribution in [0.5, 0.6) is 0 Å². The van der Waals surface area contributed by atoms with Crippen LogP contribution in [0.4, 0.5) is 0 Å². The molecule has 1 saturated heterocycles. The molecule has 23 heavy (non-hydrogen) atoms. The molecular weight excluding hydrogens is 326 g/mol. The molecule has 1 aliphatic heterocycles. The average Bonchev–Trinajstić information content (AvgIpc) is 2.56. The van der Waals surface area contributed by atoms with E-state index in [0.29, 0.717) is 6.04 Å². The van der Waals surface area contributed by atoms with Gasteiger partial charge in [-0.05, 0) is 42.8 Å². The van der Waals surface area contributed by atoms with Crippen molar-refractivity contribution in [2.75, 3.05) is 26.2 Å². The molecule has 0 amide bonds. The van der Waals surface area contributed by atoms with Crippen LogP contribution in [0.1, 0.15) is 37.7 Å². The predicted molar refractivity (Wildman–Crippen MR) is 101 cm³/mol. The van der Waals surface area contributed by atoms with Gasteiger partial charge < -0.3 is 10.2 Å². The van der Waals surface area contributed by atoms with Crippen molar-refractivity contribution >= 4 is 28.9 Å². The zero-order valence-electron chi connectivity index (χ0n) is 13.6. The number of thiocarbonyl (C=S) groups is 1. The summed E-state index contributed by atoms with van der Waals surface area (Å²) in [5.41, 5.74) is 1.29. The van der Waals surface area contributed by atoms with E-state index in [1.54, 1.807) is 0 Å². The van der Waals surface area contributed by atoms with Crippen molar-refractivity contribution in [3.63, 3.8) is 0 Å². The number of piperazine rings is 1. The Kier molecular flexibility index (Phi) is 6.15. The molecule has 0 radical (unpaired) electrons. The van der Waals surface area contributed by atoms with Crippen molar-refractivity contribution in [1.82, 2.24) is 15.1 Å². The van der Waals surface area contributed by atoms with Crippen molar-refractivity contribution in [3.05, 3.63) is 34.9 Å². The van der Waals surface area contributed by atoms with Crippen LogP contribution in [0.15, 0.2) is 24.3 Å². The Balaban J connectivity index is 1.43. The third kappa shape index (κ3) is 5.07. The van der Waals surface area contributed by atoms with Crippen molar-refractivity contribution in [1.29, 1.82) is 0 Å². The first-order chi connectivity index (χ1) is 11.2. The van der Waals surface area contributed by atoms with Gasteiger partial charge in [-0.1, -0.05) is 43.0 Å². The topological polar surface area (TPSA) is 18.5 Å². The Morgan fingerprint density at radius 1 is 1.13 bits per heavy atom. The van der Waals surface area contributed by atoms with Gasteiger partial charge in [0, 0.05) is 43.8 Å². The highest BCUT2D eigenvalue weighted by Crippen LogP contribution is 2.18. The van der Waals surface area contributed by atoms with Gasteiger partial charge in [0.15, 0.2) is 5.11 Å². The highest BCUT2D eigenvalue weighted by molar-refractivity contribution is 7.80. The maximum atomic E-state index is 6.07. The van der Waals surface area contributed by atoms with E-state index in [0.717, 1.165) is 42.9 Å². The normalized spacial score (nSPS) is 20.5. The van der Waals surface area contributed by atoms with Crippen LogP contribution in [-0.2, 0) is 6.54 Å². The van der Waals surface area contributed by atoms with Gasteiger partial charge in [0.2, 0.25) is 0 Å². The van der Waals surface area contributed by atoms with Crippen molar-refractivity contribution in [2.24, 2.45) is 0 Å². The van der Waals surface area contributed by atoms with Crippen molar-refractivity contribution < 1.29 is 0 Å². The summed E-state index contributed by atoms with van der Waals surface area (Å²) >= 11 is 11.7. The molecule has 0 bridgehead atoms. The summed E-state index contributed by atoms with van der Waals surface area (Å²) in [5, 5.41) is 5.36. The summed E-state index contributed by atoms with van der Waals surface area (Å²) in [5.74, 6) is 0. The average molecular weight is 352 g/mol. The Bertz CT molecular complexity index is 523. The van der Waals surface area contributed by atoms with Gasteiger partial charge in [-0.2, -0.15) is 0 Å². The number of nitrogens with one attached hydrogen (secondary N) is 1. The quantitative estimate of drug-likeness (QED) is 0.837. The minimum Gasteiger partial charge on any atom is -0.360 e. The lowest BCUT2D eigenvalue weighted by molar-refractivity contribution is 0.173. The second-order valence-electron chi connectivity index (χ2n) is 6.68. The van der Waals surface area contributed by atoms with Crippen LogP contribution in [0.3, 0.4) is 0 Å². The summed E-state index contributed by atoms with van der Waals surface area (Å²) in [7, 11) is 0. The van der Waals surface area contributed by atoms with Crippen LogP contribution in [0.25, 0.3) is 0 Å². The number of hydrogen-bond donors (Lipinski definition) is 1. The minimum absolute atomic E-state index is 0.598. The lowest BCUT2D eigenvalue weighted by atomic mass is 9.96. The first-order valence-electron chi connectivity index (χ1n) is 8.73. The number of benzene rings is 1. The van der Waals surface area contributed by atoms with Gasteiger partial charge in [0.05, 0.1) is 0 Å². The molecule has 3 nitrogen and oxygen atoms in total. The zero-order chi connectivity index (χ0) is 16.1. The number of rotatable bonds is 3. The first-order valence-corrected chi connectivity index (χ1v) is 9.51. The van der Waals surface area contributed by atoms with E-state index in [4.69, 9.17) is 23.8 Å². The predicted octanol–water partition coefficient (Wildman–Crippen LogP) is 3.66. The maximum absolute atomic E-state index is 6.07. The summed E-state index contributed by atoms with van der Waals surface area (Å²) < 4.78 is 0. The lowest BCUT2D eigenvalue weighted by Crippen LogP contribution is -2.53. The molecule has 2 aliphatic rings. The molecule has 1 heterocycles. The van der Waals surface area contributed by atoms with E-state index in [9.17, 15) is 0 Å². The van der Waals surface area contributed by atoms with Gasteiger partial charge in [-0.15, -0.1) is 0 Å². The molecular formula is C18H26ClN3S. The van der Waals surface area contributed by atoms with Crippen molar-refractivity contribution in [3.8, 4) is 0 Å². The molecule has 126 valence electrons. The fourth-order valence-electron chi connectivity index (χ4n) is 3.52. The fraction of sp³-hybridized carbons (Fsp3) is 0.611. The lowest BCUT2D eigenvalue weighted by Gasteiger charge is -2.37. The summed E-state index contributed by atoms with van der Waals surface area (Å²) in [4.78, 5) is 4.81. The van der Waals surface area contributed by atoms with Gasteiger partial charge in [0.1, 0.15) is 0 Å². The van der Waals surface area contributed by atoms with E-state index in [2.05, 4.69) is 27.2 Å². The third-order valence-corrected chi connectivity index (χ3v) is 5.50. The summed E-state index contributed by atoms with van der Waals surface area (Å²) in [6, 6.07) is 8.76. The van der Waals surface area contributed by atoms with E-state index in [-0.39, 0.29) is 0 Å². The standard InChI is InChI=1S/C18H26ClN3S/c19-16-6-4-5-15(13-16)14-21-9-11-22(12-10-21)18(23)20-17-7-2-1-3-8-17/h4-6,13,17H,1-3,7-12,14H2,(H,20,23). The van der Waals surface area contributed by atoms with E-state index in [1.165, 1.54) is 37.7 Å². The summed E-state index contributed by atoms with van der Waals surface area (Å²) in [6.45, 7) is 5.10. The number of nitrogens with zero attached hydrogens (tertiary/aromatic N) is 2. The Morgan fingerprint density at radius 2 is 1.87 bits per heavy atom. The van der Waals surface area contributed by atoms with Crippen LogP contribution < -0.4 is 5.32 Å². The molecule has 5 heteroatoms. The van der Waals surface area contributed by atoms with Crippen molar-refractivity contribution in [2.45, 2.75) is 44.7 Å². The second-order valence-corrected chi connectivity index (χ2v) is 7.50. The molecule has 2 fully saturated rings. The van der Waals surface area contributed by atoms with Gasteiger partial charge in [-0.3, -0.25) is 4.90 Å². The first kappa shape index (κ1) is 17.0. The number of hydrogen-bond acceptors (Lipinski definition) is 2. The highest BCUT2D eigenvalue weighted by Gasteiger charge is 2.21. The van der Waals surface area contributed by atoms with Gasteiger partial charge in [0.25, 0.3) is 0 Å². The smallest absolute Gasteiger partial charge is 0.169 e. The van der Waals surface area contributed by atoms with Crippen LogP contribution in [-0.4, -0.2) is 47.1 Å². The number of halogens is 1. The molecule has 0 aromatic heterocycles. The molecule has 1 aromatic rings. The highest BCUT2D eigenvalue weighted by atomic mass is 35.5. The second kappa shape index (κ2) is 8.32. The molecule has 3 rings (SSSR count). The molecule has 1 aliphatic carbocycles. The van der Waals surface area contributed by atoms with Gasteiger partial charge >= 0.3 is 0 Å². The van der Waals surface area contributed by atoms with E-state index >= 15 is 0 Å². The van der Waals surface area contributed by atoms with E-state index < -0.39 is 0 Å². The van der Waals surface area contributed by atoms with Crippen LogP contribution in [0, 0.1) is 0 Å². The molecule has 1 N–H and O–H groups in total. The minimum atomic E-state index is 0.598. The molecule has 1 aromatic carbocycles. The molecule has 1 saturated carbocycles. The monoisotopic (exact) mass is 351 g/mol. The van der Waals surface area contributed by atoms with Gasteiger partial charge in [-0.25, -0.2) is 0 Å². The largest absolute Gasteiger partial charge is 0.360 e. The van der Waals surface area contributed by atoms with Crippen LogP contribution in [0.2, 0.25) is 5.02 Å². The Hall–Kier alpha value is -0.840. The fourth-order valence-corrected chi connectivity index (χ4v) is 4.08.